The van der Waals surface area contributed by atoms with E-state index >= 15 is 0 Å². The minimum atomic E-state index is 0.540. The first-order valence-electron chi connectivity index (χ1n) is 17.8. The molecule has 10 rings (SSSR count). The lowest BCUT2D eigenvalue weighted by molar-refractivity contribution is 0.929. The van der Waals surface area contributed by atoms with Crippen LogP contribution in [0.1, 0.15) is 12.6 Å². The molecular weight excluding hydrogens is 663 g/mol. The van der Waals surface area contributed by atoms with Crippen LogP contribution in [0.3, 0.4) is 0 Å². The standard InChI is InChI=1S/C47H31BN4S/c1-3-16-37(48)31(4-2)44-35-23-12-14-25-38(35)49-47(50-44)52-45-43(34-22-11-10-21-33(34)41-36-24-13-15-26-40(36)53-46(41)45)42-32-20-9-8-17-29(32)27-28-39(42)51(52)30-18-6-5-7-19-30/h2-3,5-28H,48H2,1H3/b16-3-,37-31-. The lowest BCUT2D eigenvalue weighted by atomic mass is 9.87. The minimum absolute atomic E-state index is 0.540. The van der Waals surface area contributed by atoms with Crippen LogP contribution >= 0.6 is 11.3 Å². The normalized spacial score (nSPS) is 13.2. The Bertz CT molecular complexity index is 3060. The Labute approximate surface area is 312 Å². The van der Waals surface area contributed by atoms with E-state index in [2.05, 4.69) is 143 Å². The molecule has 9 aromatic rings. The molecule has 0 aliphatic carbocycles. The molecule has 0 unspecified atom stereocenters. The van der Waals surface area contributed by atoms with Crippen molar-refractivity contribution in [3.05, 3.63) is 163 Å². The van der Waals surface area contributed by atoms with E-state index in [0.29, 0.717) is 5.95 Å². The Balaban J connectivity index is 1.44. The summed E-state index contributed by atoms with van der Waals surface area (Å²) < 4.78 is 2.41. The third-order valence-electron chi connectivity index (χ3n) is 10.3. The second-order valence-corrected chi connectivity index (χ2v) is 14.4. The van der Waals surface area contributed by atoms with Gasteiger partial charge in [0.15, 0.2) is 0 Å². The van der Waals surface area contributed by atoms with Gasteiger partial charge in [-0.1, -0.05) is 133 Å². The van der Waals surface area contributed by atoms with Gasteiger partial charge in [0.05, 0.1) is 33.0 Å². The first-order valence-corrected chi connectivity index (χ1v) is 18.6. The number of allylic oxidation sites excluding steroid dienone is 4. The van der Waals surface area contributed by atoms with Gasteiger partial charge >= 0.3 is 0 Å². The summed E-state index contributed by atoms with van der Waals surface area (Å²) in [5.41, 5.74) is 8.69. The average molecular weight is 695 g/mol. The molecule has 0 radical (unpaired) electrons. The number of fused-ring (bicyclic) bond motifs is 13. The van der Waals surface area contributed by atoms with Crippen LogP contribution in [0.15, 0.2) is 157 Å². The molecule has 0 atom stereocenters. The Morgan fingerprint density at radius 1 is 0.679 bits per heavy atom. The van der Waals surface area contributed by atoms with Gasteiger partial charge in [-0.3, -0.25) is 0 Å². The van der Waals surface area contributed by atoms with E-state index < -0.39 is 0 Å². The molecule has 1 aliphatic rings. The maximum absolute atomic E-state index is 6.32. The van der Waals surface area contributed by atoms with Crippen molar-refractivity contribution < 1.29 is 0 Å². The van der Waals surface area contributed by atoms with Crippen molar-refractivity contribution in [2.24, 2.45) is 0 Å². The van der Waals surface area contributed by atoms with Gasteiger partial charge in [-0.15, -0.1) is 17.8 Å². The number of anilines is 4. The van der Waals surface area contributed by atoms with Crippen LogP contribution < -0.4 is 10.0 Å². The molecule has 6 heteroatoms. The lowest BCUT2D eigenvalue weighted by Crippen LogP contribution is -2.40. The molecule has 0 spiro atoms. The Kier molecular flexibility index (Phi) is 7.18. The van der Waals surface area contributed by atoms with Crippen LogP contribution in [-0.2, 0) is 0 Å². The molecule has 0 fully saturated rings. The zero-order valence-electron chi connectivity index (χ0n) is 29.2. The fraction of sp³-hybridized carbons (Fsp3) is 0.0213. The van der Waals surface area contributed by atoms with Crippen molar-refractivity contribution in [2.45, 2.75) is 6.92 Å². The summed E-state index contributed by atoms with van der Waals surface area (Å²) in [5, 5.41) is 12.7. The third kappa shape index (κ3) is 4.65. The SMILES string of the molecule is BC(/C=C\C)=C(/C#C)c1nc(N2c3c(c4ccccc4c4c3sc3ccccc34)-c3c(ccc4ccccc34)N2c2ccccc2)nc2ccccc12. The van der Waals surface area contributed by atoms with Crippen molar-refractivity contribution in [2.75, 3.05) is 10.0 Å². The highest BCUT2D eigenvalue weighted by Crippen LogP contribution is 2.58. The van der Waals surface area contributed by atoms with Crippen molar-refractivity contribution in [1.29, 1.82) is 0 Å². The summed E-state index contributed by atoms with van der Waals surface area (Å²) in [5.74, 6) is 3.54. The molecule has 0 amide bonds. The van der Waals surface area contributed by atoms with Crippen molar-refractivity contribution >= 4 is 100 Å². The monoisotopic (exact) mass is 694 g/mol. The maximum atomic E-state index is 6.32. The molecule has 3 heterocycles. The lowest BCUT2D eigenvalue weighted by Gasteiger charge is -2.43. The molecule has 53 heavy (non-hydrogen) atoms. The number of aromatic nitrogens is 2. The van der Waals surface area contributed by atoms with Crippen LogP contribution in [0, 0.1) is 12.3 Å². The average Bonchev–Trinajstić information content (AvgIpc) is 3.60. The number of hydrogen-bond donors (Lipinski definition) is 0. The summed E-state index contributed by atoms with van der Waals surface area (Å²) >= 11 is 1.82. The topological polar surface area (TPSA) is 32.3 Å². The molecule has 2 aromatic heterocycles. The van der Waals surface area contributed by atoms with Gasteiger partial charge in [0, 0.05) is 37.6 Å². The molecule has 4 nitrogen and oxygen atoms in total. The second-order valence-electron chi connectivity index (χ2n) is 13.3. The number of rotatable bonds is 4. The predicted octanol–water partition coefficient (Wildman–Crippen LogP) is 11.7. The van der Waals surface area contributed by atoms with E-state index in [9.17, 15) is 0 Å². The van der Waals surface area contributed by atoms with Gasteiger partial charge in [0.2, 0.25) is 0 Å². The number of thiophene rings is 1. The maximum Gasteiger partial charge on any atom is 0.251 e. The van der Waals surface area contributed by atoms with E-state index in [4.69, 9.17) is 16.4 Å². The van der Waals surface area contributed by atoms with Crippen LogP contribution in [0.4, 0.5) is 23.0 Å². The highest BCUT2D eigenvalue weighted by atomic mass is 32.1. The molecule has 0 saturated heterocycles. The highest BCUT2D eigenvalue weighted by molar-refractivity contribution is 7.26. The van der Waals surface area contributed by atoms with Crippen LogP contribution in [0.2, 0.25) is 0 Å². The fourth-order valence-electron chi connectivity index (χ4n) is 8.07. The molecule has 0 bridgehead atoms. The summed E-state index contributed by atoms with van der Waals surface area (Å²) in [6.45, 7) is 2.01. The predicted molar refractivity (Wildman–Crippen MR) is 229 cm³/mol. The van der Waals surface area contributed by atoms with E-state index in [1.807, 2.05) is 50.4 Å². The van der Waals surface area contributed by atoms with Crippen molar-refractivity contribution in [1.82, 2.24) is 9.97 Å². The first-order chi connectivity index (χ1) is 26.2. The van der Waals surface area contributed by atoms with Crippen molar-refractivity contribution in [3.8, 4) is 23.5 Å². The quantitative estimate of drug-likeness (QED) is 0.104. The van der Waals surface area contributed by atoms with Crippen LogP contribution in [-0.4, -0.2) is 17.8 Å². The number of hydrogen-bond acceptors (Lipinski definition) is 5. The zero-order chi connectivity index (χ0) is 35.6. The fourth-order valence-corrected chi connectivity index (χ4v) is 9.32. The number of hydrazine groups is 1. The molecule has 0 N–H and O–H groups in total. The molecular formula is C47H31BN4S. The van der Waals surface area contributed by atoms with Gasteiger partial charge in [0.25, 0.3) is 5.95 Å². The number of terminal acetylenes is 1. The number of benzene rings is 7. The molecule has 1 aliphatic heterocycles. The Hall–Kier alpha value is -6.68. The largest absolute Gasteiger partial charge is 0.251 e. The summed E-state index contributed by atoms with van der Waals surface area (Å²) in [6.07, 6.45) is 10.4. The van der Waals surface area contributed by atoms with Crippen molar-refractivity contribution in [3.63, 3.8) is 0 Å². The van der Waals surface area contributed by atoms with Crippen LogP contribution in [0.25, 0.3) is 69.3 Å². The highest BCUT2D eigenvalue weighted by Gasteiger charge is 2.38. The zero-order valence-corrected chi connectivity index (χ0v) is 30.0. The summed E-state index contributed by atoms with van der Waals surface area (Å²) in [7, 11) is 2.05. The van der Waals surface area contributed by atoms with Gasteiger partial charge in [-0.25, -0.2) is 20.0 Å². The van der Waals surface area contributed by atoms with E-state index in [0.717, 1.165) is 50.3 Å². The molecule has 248 valence electrons. The van der Waals surface area contributed by atoms with E-state index in [-0.39, 0.29) is 0 Å². The third-order valence-corrected chi connectivity index (χ3v) is 11.5. The smallest absolute Gasteiger partial charge is 0.246 e. The van der Waals surface area contributed by atoms with Gasteiger partial charge in [0.1, 0.15) is 7.85 Å². The first kappa shape index (κ1) is 31.1. The summed E-state index contributed by atoms with van der Waals surface area (Å²) in [4.78, 5) is 10.9. The molecule has 0 saturated carbocycles. The van der Waals surface area contributed by atoms with Gasteiger partial charge in [-0.2, -0.15) is 0 Å². The Morgan fingerprint density at radius 2 is 1.36 bits per heavy atom. The summed E-state index contributed by atoms with van der Waals surface area (Å²) in [6, 6.07) is 49.5. The van der Waals surface area contributed by atoms with Gasteiger partial charge < -0.3 is 0 Å². The minimum Gasteiger partial charge on any atom is -0.246 e. The Morgan fingerprint density at radius 3 is 2.15 bits per heavy atom. The van der Waals surface area contributed by atoms with Gasteiger partial charge in [-0.05, 0) is 58.8 Å². The number of para-hydroxylation sites is 2. The van der Waals surface area contributed by atoms with Crippen LogP contribution in [0.5, 0.6) is 0 Å². The number of nitrogens with zero attached hydrogens (tertiary/aromatic N) is 4. The second kappa shape index (κ2) is 12.2. The molecule has 7 aromatic carbocycles. The van der Waals surface area contributed by atoms with E-state index in [1.54, 1.807) is 0 Å². The van der Waals surface area contributed by atoms with E-state index in [1.165, 1.54) is 47.3 Å².